The number of sulfonamides is 1. The Labute approximate surface area is 172 Å². The zero-order valence-corrected chi connectivity index (χ0v) is 16.4. The van der Waals surface area contributed by atoms with Crippen LogP contribution in [0.15, 0.2) is 77.7 Å². The van der Waals surface area contributed by atoms with E-state index in [4.69, 9.17) is 16.7 Å². The number of nitrogens with one attached hydrogen (secondary N) is 2. The Morgan fingerprint density at radius 2 is 1.41 bits per heavy atom. The van der Waals surface area contributed by atoms with Gasteiger partial charge in [0.1, 0.15) is 0 Å². The second kappa shape index (κ2) is 8.34. The highest BCUT2D eigenvalue weighted by Crippen LogP contribution is 2.20. The van der Waals surface area contributed by atoms with Gasteiger partial charge >= 0.3 is 5.97 Å². The van der Waals surface area contributed by atoms with E-state index in [0.29, 0.717) is 10.7 Å². The minimum absolute atomic E-state index is 0.0299. The van der Waals surface area contributed by atoms with Crippen LogP contribution < -0.4 is 10.0 Å². The first-order valence-corrected chi connectivity index (χ1v) is 10.1. The molecule has 0 radical (unpaired) electrons. The SMILES string of the molecule is O=C(O)c1cccc(NC(=O)c2cccc(NS(=O)(=O)c3ccc(Cl)cc3)c2)c1. The second-order valence-corrected chi connectivity index (χ2v) is 8.10. The van der Waals surface area contributed by atoms with E-state index in [0.717, 1.165) is 0 Å². The summed E-state index contributed by atoms with van der Waals surface area (Å²) in [7, 11) is -3.85. The first-order chi connectivity index (χ1) is 13.7. The molecule has 1 amide bonds. The second-order valence-electron chi connectivity index (χ2n) is 5.98. The fourth-order valence-electron chi connectivity index (χ4n) is 2.48. The van der Waals surface area contributed by atoms with E-state index in [1.54, 1.807) is 6.07 Å². The molecule has 9 heteroatoms. The number of carboxylic acid groups (broad SMARTS) is 1. The number of anilines is 2. The summed E-state index contributed by atoms with van der Waals surface area (Å²) < 4.78 is 27.4. The van der Waals surface area contributed by atoms with Gasteiger partial charge in [0.15, 0.2) is 0 Å². The molecule has 0 atom stereocenters. The van der Waals surface area contributed by atoms with Crippen molar-refractivity contribution >= 4 is 44.9 Å². The van der Waals surface area contributed by atoms with E-state index < -0.39 is 21.9 Å². The number of halogens is 1. The molecular formula is C20H15ClN2O5S. The number of amides is 1. The lowest BCUT2D eigenvalue weighted by Crippen LogP contribution is -2.15. The Kier molecular flexibility index (Phi) is 5.86. The fraction of sp³-hybridized carbons (Fsp3) is 0. The zero-order chi connectivity index (χ0) is 21.0. The van der Waals surface area contributed by atoms with Crippen molar-refractivity contribution in [3.63, 3.8) is 0 Å². The third kappa shape index (κ3) is 5.13. The summed E-state index contributed by atoms with van der Waals surface area (Å²) in [4.78, 5) is 23.5. The Bertz CT molecular complexity index is 1180. The predicted octanol–water partition coefficient (Wildman–Crippen LogP) is 4.09. The summed E-state index contributed by atoms with van der Waals surface area (Å²) >= 11 is 5.78. The average molecular weight is 431 g/mol. The van der Waals surface area contributed by atoms with E-state index in [9.17, 15) is 18.0 Å². The number of benzene rings is 3. The van der Waals surface area contributed by atoms with Gasteiger partial charge in [-0.15, -0.1) is 0 Å². The van der Waals surface area contributed by atoms with Crippen LogP contribution in [0, 0.1) is 0 Å². The summed E-state index contributed by atoms with van der Waals surface area (Å²) in [6.07, 6.45) is 0. The molecule has 3 aromatic rings. The molecule has 0 saturated heterocycles. The molecule has 0 spiro atoms. The van der Waals surface area contributed by atoms with Crippen molar-refractivity contribution < 1.29 is 23.1 Å². The molecule has 0 aliphatic rings. The summed E-state index contributed by atoms with van der Waals surface area (Å²) in [5.41, 5.74) is 0.739. The van der Waals surface area contributed by atoms with Gasteiger partial charge in [0.2, 0.25) is 0 Å². The molecule has 3 aromatic carbocycles. The van der Waals surface area contributed by atoms with Gasteiger partial charge in [-0.2, -0.15) is 0 Å². The van der Waals surface area contributed by atoms with Gasteiger partial charge in [-0.25, -0.2) is 13.2 Å². The molecule has 0 unspecified atom stereocenters. The topological polar surface area (TPSA) is 113 Å². The van der Waals surface area contributed by atoms with Crippen molar-refractivity contribution in [2.75, 3.05) is 10.0 Å². The van der Waals surface area contributed by atoms with Crippen LogP contribution in [-0.2, 0) is 10.0 Å². The lowest BCUT2D eigenvalue weighted by atomic mass is 10.1. The summed E-state index contributed by atoms with van der Waals surface area (Å²) in [5, 5.41) is 12.0. The van der Waals surface area contributed by atoms with Crippen LogP contribution in [0.5, 0.6) is 0 Å². The molecule has 148 valence electrons. The number of rotatable bonds is 6. The van der Waals surface area contributed by atoms with Gasteiger partial charge in [-0.3, -0.25) is 9.52 Å². The average Bonchev–Trinajstić information content (AvgIpc) is 2.68. The standard InChI is InChI=1S/C20H15ClN2O5S/c21-15-7-9-18(10-8-15)29(27,28)23-17-6-1-3-13(11-17)19(24)22-16-5-2-4-14(12-16)20(25)26/h1-12,23H,(H,22,24)(H,25,26). The number of carboxylic acids is 1. The molecule has 3 N–H and O–H groups in total. The maximum atomic E-state index is 12.5. The number of hydrogen-bond acceptors (Lipinski definition) is 4. The molecule has 0 heterocycles. The number of aromatic carboxylic acids is 1. The van der Waals surface area contributed by atoms with E-state index >= 15 is 0 Å². The van der Waals surface area contributed by atoms with E-state index in [1.165, 1.54) is 66.7 Å². The van der Waals surface area contributed by atoms with Crippen molar-refractivity contribution in [2.24, 2.45) is 0 Å². The third-order valence-corrected chi connectivity index (χ3v) is 5.52. The Balaban J connectivity index is 1.78. The largest absolute Gasteiger partial charge is 0.478 e. The first kappa shape index (κ1) is 20.4. The normalized spacial score (nSPS) is 10.9. The molecule has 0 aliphatic heterocycles. The summed E-state index contributed by atoms with van der Waals surface area (Å²) in [6.45, 7) is 0. The van der Waals surface area contributed by atoms with E-state index in [2.05, 4.69) is 10.0 Å². The summed E-state index contributed by atoms with van der Waals surface area (Å²) in [6, 6.07) is 17.4. The molecule has 0 aliphatic carbocycles. The molecule has 3 rings (SSSR count). The molecule has 0 bridgehead atoms. The van der Waals surface area contributed by atoms with E-state index in [1.807, 2.05) is 0 Å². The minimum Gasteiger partial charge on any atom is -0.478 e. The first-order valence-electron chi connectivity index (χ1n) is 8.28. The van der Waals surface area contributed by atoms with Crippen LogP contribution in [0.2, 0.25) is 5.02 Å². The smallest absolute Gasteiger partial charge is 0.335 e. The monoisotopic (exact) mass is 430 g/mol. The van der Waals surface area contributed by atoms with Crippen LogP contribution in [0.1, 0.15) is 20.7 Å². The van der Waals surface area contributed by atoms with Gasteiger partial charge in [0.05, 0.1) is 10.5 Å². The Morgan fingerprint density at radius 1 is 0.828 bits per heavy atom. The maximum Gasteiger partial charge on any atom is 0.335 e. The van der Waals surface area contributed by atoms with Gasteiger partial charge in [-0.1, -0.05) is 23.7 Å². The van der Waals surface area contributed by atoms with E-state index in [-0.39, 0.29) is 21.7 Å². The van der Waals surface area contributed by atoms with Crippen molar-refractivity contribution in [1.82, 2.24) is 0 Å². The van der Waals surface area contributed by atoms with Crippen LogP contribution >= 0.6 is 11.6 Å². The van der Waals surface area contributed by atoms with Gasteiger partial charge < -0.3 is 10.4 Å². The highest BCUT2D eigenvalue weighted by Gasteiger charge is 2.15. The van der Waals surface area contributed by atoms with Crippen molar-refractivity contribution in [3.05, 3.63) is 88.9 Å². The molecule has 0 aromatic heterocycles. The number of hydrogen-bond donors (Lipinski definition) is 3. The molecule has 0 saturated carbocycles. The summed E-state index contributed by atoms with van der Waals surface area (Å²) in [5.74, 6) is -1.63. The Hall–Kier alpha value is -3.36. The lowest BCUT2D eigenvalue weighted by Gasteiger charge is -2.10. The predicted molar refractivity (Wildman–Crippen MR) is 110 cm³/mol. The number of carbonyl (C=O) groups is 2. The quantitative estimate of drug-likeness (QED) is 0.545. The van der Waals surface area contributed by atoms with Crippen LogP contribution in [0.25, 0.3) is 0 Å². The lowest BCUT2D eigenvalue weighted by molar-refractivity contribution is 0.0696. The van der Waals surface area contributed by atoms with Crippen molar-refractivity contribution in [2.45, 2.75) is 4.90 Å². The minimum atomic E-state index is -3.85. The van der Waals surface area contributed by atoms with Gasteiger partial charge in [-0.05, 0) is 60.7 Å². The highest BCUT2D eigenvalue weighted by molar-refractivity contribution is 7.92. The highest BCUT2D eigenvalue weighted by atomic mass is 35.5. The fourth-order valence-corrected chi connectivity index (χ4v) is 3.66. The number of carbonyl (C=O) groups excluding carboxylic acids is 1. The molecule has 7 nitrogen and oxygen atoms in total. The van der Waals surface area contributed by atoms with Gasteiger partial charge in [0.25, 0.3) is 15.9 Å². The van der Waals surface area contributed by atoms with Crippen LogP contribution in [-0.4, -0.2) is 25.4 Å². The molecule has 29 heavy (non-hydrogen) atoms. The van der Waals surface area contributed by atoms with Crippen molar-refractivity contribution in [1.29, 1.82) is 0 Å². The zero-order valence-electron chi connectivity index (χ0n) is 14.8. The van der Waals surface area contributed by atoms with Crippen LogP contribution in [0.4, 0.5) is 11.4 Å². The van der Waals surface area contributed by atoms with Crippen molar-refractivity contribution in [3.8, 4) is 0 Å². The molecule has 0 fully saturated rings. The third-order valence-electron chi connectivity index (χ3n) is 3.87. The molecular weight excluding hydrogens is 416 g/mol. The van der Waals surface area contributed by atoms with Crippen LogP contribution in [0.3, 0.4) is 0 Å². The Morgan fingerprint density at radius 3 is 2.07 bits per heavy atom. The van der Waals surface area contributed by atoms with Gasteiger partial charge in [0, 0.05) is 22.0 Å². The maximum absolute atomic E-state index is 12.5.